The topological polar surface area (TPSA) is 12.5 Å². The van der Waals surface area contributed by atoms with Gasteiger partial charge in [-0.1, -0.05) is 260 Å². The van der Waals surface area contributed by atoms with Gasteiger partial charge in [0.1, 0.15) is 11.5 Å². The lowest BCUT2D eigenvalue weighted by molar-refractivity contribution is 0.436. The maximum absolute atomic E-state index is 6.76. The Morgan fingerprint density at radius 3 is 1.20 bits per heavy atom. The minimum atomic E-state index is -0.587. The first kappa shape index (κ1) is 47.4. The lowest BCUT2D eigenvalue weighted by atomic mass is 9.66. The van der Waals surface area contributed by atoms with Gasteiger partial charge in [-0.25, -0.2) is 0 Å². The molecule has 84 heavy (non-hydrogen) atoms. The molecule has 0 unspecified atom stereocenters. The summed E-state index contributed by atoms with van der Waals surface area (Å²) < 4.78 is 6.76. The summed E-state index contributed by atoms with van der Waals surface area (Å²) in [6.07, 6.45) is 0. The van der Waals surface area contributed by atoms with Crippen molar-refractivity contribution in [1.29, 1.82) is 0 Å². The fourth-order valence-electron chi connectivity index (χ4n) is 16.0. The first-order valence-electron chi connectivity index (χ1n) is 29.1. The lowest BCUT2D eigenvalue weighted by Crippen LogP contribution is -2.32. The molecule has 0 bridgehead atoms. The van der Waals surface area contributed by atoms with Crippen molar-refractivity contribution in [3.63, 3.8) is 0 Å². The number of rotatable bonds is 6. The van der Waals surface area contributed by atoms with Crippen molar-refractivity contribution in [2.24, 2.45) is 0 Å². The first-order chi connectivity index (χ1) is 41.7. The minimum Gasteiger partial charge on any atom is -0.457 e. The van der Waals surface area contributed by atoms with Crippen molar-refractivity contribution >= 4 is 28.8 Å². The molecule has 0 N–H and O–H groups in total. The van der Waals surface area contributed by atoms with Gasteiger partial charge >= 0.3 is 0 Å². The summed E-state index contributed by atoms with van der Waals surface area (Å²) in [4.78, 5) is 5.12. The molecule has 0 fully saturated rings. The van der Waals surface area contributed by atoms with Gasteiger partial charge in [0.15, 0.2) is 0 Å². The van der Waals surface area contributed by atoms with Crippen LogP contribution < -0.4 is 9.64 Å². The number of ether oxygens (including phenoxy) is 1. The van der Waals surface area contributed by atoms with Gasteiger partial charge in [-0.3, -0.25) is 0 Å². The van der Waals surface area contributed by atoms with Crippen LogP contribution in [0.25, 0.3) is 44.5 Å². The van der Waals surface area contributed by atoms with Crippen molar-refractivity contribution in [3.8, 4) is 56.0 Å². The highest BCUT2D eigenvalue weighted by molar-refractivity contribution is 7.99. The van der Waals surface area contributed by atoms with E-state index in [-0.39, 0.29) is 0 Å². The Bertz CT molecular complexity index is 4560. The van der Waals surface area contributed by atoms with E-state index in [1.54, 1.807) is 0 Å². The Morgan fingerprint density at radius 2 is 0.643 bits per heavy atom. The Labute approximate surface area is 493 Å². The second kappa shape index (κ2) is 17.9. The normalized spacial score (nSPS) is 14.8. The molecule has 0 aromatic heterocycles. The van der Waals surface area contributed by atoms with Gasteiger partial charge in [-0.15, -0.1) is 0 Å². The van der Waals surface area contributed by atoms with Gasteiger partial charge < -0.3 is 9.64 Å². The van der Waals surface area contributed by atoms with Crippen molar-refractivity contribution in [2.45, 2.75) is 26.0 Å². The highest BCUT2D eigenvalue weighted by Crippen LogP contribution is 2.65. The summed E-state index contributed by atoms with van der Waals surface area (Å²) in [7, 11) is 0. The van der Waals surface area contributed by atoms with E-state index in [1.165, 1.54) is 104 Å². The molecule has 13 aromatic rings. The van der Waals surface area contributed by atoms with Crippen LogP contribution in [-0.4, -0.2) is 0 Å². The third-order valence-corrected chi connectivity index (χ3v) is 20.2. The van der Waals surface area contributed by atoms with E-state index in [0.29, 0.717) is 0 Å². The molecule has 2 nitrogen and oxygen atoms in total. The molecule has 0 atom stereocenters. The van der Waals surface area contributed by atoms with Crippen LogP contribution in [0.15, 0.2) is 319 Å². The summed E-state index contributed by atoms with van der Waals surface area (Å²) in [5.74, 6) is 1.78. The van der Waals surface area contributed by atoms with E-state index in [0.717, 1.165) is 45.3 Å². The lowest BCUT2D eigenvalue weighted by Gasteiger charge is -2.39. The summed E-state index contributed by atoms with van der Waals surface area (Å²) in [5.41, 5.74) is 26.7. The van der Waals surface area contributed by atoms with Crippen LogP contribution in [0, 0.1) is 0 Å². The molecule has 2 heterocycles. The zero-order valence-electron chi connectivity index (χ0n) is 45.7. The van der Waals surface area contributed by atoms with E-state index in [2.05, 4.69) is 314 Å². The molecule has 18 rings (SSSR count). The average Bonchev–Trinajstić information content (AvgIpc) is 2.41. The predicted molar refractivity (Wildman–Crippen MR) is 343 cm³/mol. The molecule has 2 spiro atoms. The quantitative estimate of drug-likeness (QED) is 0.165. The van der Waals surface area contributed by atoms with Crippen LogP contribution >= 0.6 is 11.8 Å². The summed E-state index contributed by atoms with van der Waals surface area (Å²) in [6, 6.07) is 116. The molecule has 0 radical (unpaired) electrons. The molecular weight excluding hydrogens is 1030 g/mol. The summed E-state index contributed by atoms with van der Waals surface area (Å²) >= 11 is 1.89. The van der Waals surface area contributed by atoms with E-state index in [1.807, 2.05) is 11.8 Å². The van der Waals surface area contributed by atoms with Crippen LogP contribution in [0.3, 0.4) is 0 Å². The minimum absolute atomic E-state index is 0.492. The van der Waals surface area contributed by atoms with E-state index in [9.17, 15) is 0 Å². The van der Waals surface area contributed by atoms with Crippen molar-refractivity contribution in [1.82, 2.24) is 0 Å². The number of hydrogen-bond acceptors (Lipinski definition) is 3. The highest BCUT2D eigenvalue weighted by Gasteiger charge is 2.53. The molecule has 0 amide bonds. The summed E-state index contributed by atoms with van der Waals surface area (Å²) in [6.45, 7) is 0. The van der Waals surface area contributed by atoms with Crippen molar-refractivity contribution < 1.29 is 4.74 Å². The van der Waals surface area contributed by atoms with E-state index in [4.69, 9.17) is 4.74 Å². The zero-order chi connectivity index (χ0) is 55.1. The molecule has 392 valence electrons. The number of hydrogen-bond donors (Lipinski definition) is 0. The largest absolute Gasteiger partial charge is 0.457 e. The Kier molecular flexibility index (Phi) is 10.1. The molecule has 13 aromatic carbocycles. The second-order valence-corrected chi connectivity index (χ2v) is 24.0. The third kappa shape index (κ3) is 6.21. The van der Waals surface area contributed by atoms with Gasteiger partial charge in [-0.05, 0) is 161 Å². The van der Waals surface area contributed by atoms with Crippen LogP contribution in [0.5, 0.6) is 11.5 Å². The SMILES string of the molecule is c1ccc(C2(c3ccccc3)c3ccccc3-c3c(-c4cccc(N(c5ccc6c(c5)-c5ccccc5C65c6ccccc6Oc6ccccc65)c5ccc6c(c5)-c5ccccc5C65c6ccccc6Sc6ccccc65)c4)cccc32)cc1. The molecule has 3 heteroatoms. The molecule has 0 saturated heterocycles. The van der Waals surface area contributed by atoms with Gasteiger partial charge in [0.05, 0.1) is 16.2 Å². The number of fused-ring (bicyclic) bond motifs is 21. The average molecular weight is 1090 g/mol. The van der Waals surface area contributed by atoms with Gasteiger partial charge in [0.2, 0.25) is 0 Å². The maximum atomic E-state index is 6.76. The Hall–Kier alpha value is -10.2. The van der Waals surface area contributed by atoms with Crippen molar-refractivity contribution in [2.75, 3.05) is 4.90 Å². The number of anilines is 3. The maximum Gasteiger partial charge on any atom is 0.132 e. The molecule has 0 saturated carbocycles. The molecule has 3 aliphatic carbocycles. The van der Waals surface area contributed by atoms with Crippen LogP contribution in [-0.2, 0) is 16.2 Å². The standard InChI is InChI=1S/C81H51NOS/c1-3-24-53(25-4-1)79(54-26-5-2-6-27-54)66-35-12-9-31-61(66)78-58(32-22-40-73(78)79)52-23-21-28-55(49-52)82(56-45-47-67-62(50-56)59-29-7-10-33-64(59)80(67)69-36-13-17-41-74(69)83-75-42-18-14-37-70(75)80)57-46-48-68-63(51-57)60-30-8-11-34-65(60)81(68)71-38-15-19-43-76(71)84-77-44-20-16-39-72(77)81/h1-51H. The fourth-order valence-corrected chi connectivity index (χ4v) is 17.2. The molecular formula is C81H51NOS. The summed E-state index contributed by atoms with van der Waals surface area (Å²) in [5, 5.41) is 0. The predicted octanol–water partition coefficient (Wildman–Crippen LogP) is 20.5. The third-order valence-electron chi connectivity index (χ3n) is 19.1. The highest BCUT2D eigenvalue weighted by atomic mass is 32.2. The van der Waals surface area contributed by atoms with Gasteiger partial charge in [0, 0.05) is 38.0 Å². The molecule has 5 aliphatic rings. The smallest absolute Gasteiger partial charge is 0.132 e. The van der Waals surface area contributed by atoms with Crippen LogP contribution in [0.2, 0.25) is 0 Å². The Morgan fingerprint density at radius 1 is 0.250 bits per heavy atom. The number of para-hydroxylation sites is 2. The van der Waals surface area contributed by atoms with Crippen molar-refractivity contribution in [3.05, 3.63) is 376 Å². The zero-order valence-corrected chi connectivity index (χ0v) is 46.5. The van der Waals surface area contributed by atoms with Crippen LogP contribution in [0.1, 0.15) is 66.8 Å². The Balaban J connectivity index is 0.882. The molecule has 2 aliphatic heterocycles. The fraction of sp³-hybridized carbons (Fsp3) is 0.0370. The van der Waals surface area contributed by atoms with E-state index < -0.39 is 16.2 Å². The van der Waals surface area contributed by atoms with E-state index >= 15 is 0 Å². The van der Waals surface area contributed by atoms with Crippen LogP contribution in [0.4, 0.5) is 17.1 Å². The number of benzene rings is 13. The number of nitrogens with zero attached hydrogens (tertiary/aromatic N) is 1. The monoisotopic (exact) mass is 1090 g/mol. The van der Waals surface area contributed by atoms with Gasteiger partial charge in [0.25, 0.3) is 0 Å². The first-order valence-corrected chi connectivity index (χ1v) is 30.0. The van der Waals surface area contributed by atoms with Gasteiger partial charge in [-0.2, -0.15) is 0 Å². The second-order valence-electron chi connectivity index (χ2n) is 22.9.